The number of phenolic OH excluding ortho intramolecular Hbond substituents is 1. The number of nitrogens with zero attached hydrogens (tertiary/aromatic N) is 3. The summed E-state index contributed by atoms with van der Waals surface area (Å²) in [6, 6.07) is 8.63. The molecule has 0 radical (unpaired) electrons. The molecular weight excluding hydrogens is 281 g/mol. The summed E-state index contributed by atoms with van der Waals surface area (Å²) in [5, 5.41) is 9.43. The van der Waals surface area contributed by atoms with Crippen LogP contribution in [-0.4, -0.2) is 46.1 Å². The number of phenols is 1. The van der Waals surface area contributed by atoms with Crippen LogP contribution in [0.2, 0.25) is 0 Å². The quantitative estimate of drug-likeness (QED) is 0.940. The van der Waals surface area contributed by atoms with Gasteiger partial charge in [-0.3, -0.25) is 14.8 Å². The third kappa shape index (κ3) is 3.81. The second-order valence-corrected chi connectivity index (χ2v) is 5.70. The van der Waals surface area contributed by atoms with Gasteiger partial charge in [0.1, 0.15) is 0 Å². The van der Waals surface area contributed by atoms with Crippen molar-refractivity contribution in [3.8, 4) is 5.75 Å². The van der Waals surface area contributed by atoms with Gasteiger partial charge >= 0.3 is 0 Å². The lowest BCUT2D eigenvalue weighted by Gasteiger charge is -2.34. The Kier molecular flexibility index (Phi) is 4.65. The lowest BCUT2D eigenvalue weighted by atomic mass is 10.1. The van der Waals surface area contributed by atoms with E-state index in [4.69, 9.17) is 0 Å². The molecule has 1 saturated heterocycles. The number of hydrogen-bond acceptors (Lipinski definition) is 4. The summed E-state index contributed by atoms with van der Waals surface area (Å²) in [7, 11) is 0. The number of halogens is 1. The van der Waals surface area contributed by atoms with E-state index in [9.17, 15) is 9.50 Å². The molecule has 0 unspecified atom stereocenters. The number of pyridine rings is 1. The topological polar surface area (TPSA) is 39.6 Å². The maximum Gasteiger partial charge on any atom is 0.164 e. The van der Waals surface area contributed by atoms with Crippen molar-refractivity contribution in [2.75, 3.05) is 26.2 Å². The Balaban J connectivity index is 1.50. The van der Waals surface area contributed by atoms with Crippen LogP contribution in [0.1, 0.15) is 11.1 Å². The summed E-state index contributed by atoms with van der Waals surface area (Å²) < 4.78 is 13.1. The van der Waals surface area contributed by atoms with Gasteiger partial charge in [0.15, 0.2) is 11.6 Å². The van der Waals surface area contributed by atoms with E-state index in [0.29, 0.717) is 0 Å². The van der Waals surface area contributed by atoms with Crippen molar-refractivity contribution in [3.05, 3.63) is 59.7 Å². The van der Waals surface area contributed by atoms with Crippen LogP contribution in [-0.2, 0) is 13.1 Å². The summed E-state index contributed by atoms with van der Waals surface area (Å²) in [6.45, 7) is 5.62. The van der Waals surface area contributed by atoms with Crippen molar-refractivity contribution in [3.63, 3.8) is 0 Å². The lowest BCUT2D eigenvalue weighted by Crippen LogP contribution is -2.45. The Morgan fingerprint density at radius 3 is 2.27 bits per heavy atom. The fourth-order valence-corrected chi connectivity index (χ4v) is 2.77. The molecule has 0 atom stereocenters. The predicted molar refractivity (Wildman–Crippen MR) is 82.9 cm³/mol. The van der Waals surface area contributed by atoms with Gasteiger partial charge in [0.05, 0.1) is 0 Å². The van der Waals surface area contributed by atoms with Crippen LogP contribution in [0.15, 0.2) is 42.7 Å². The third-order valence-electron chi connectivity index (χ3n) is 4.01. The first-order chi connectivity index (χ1) is 10.7. The van der Waals surface area contributed by atoms with Crippen molar-refractivity contribution in [2.45, 2.75) is 13.1 Å². The normalized spacial score (nSPS) is 16.8. The van der Waals surface area contributed by atoms with Crippen LogP contribution in [0.4, 0.5) is 4.39 Å². The SMILES string of the molecule is Oc1cc(CN2CCN(Cc3cccnc3)CC2)ccc1F. The Morgan fingerprint density at radius 1 is 1.00 bits per heavy atom. The highest BCUT2D eigenvalue weighted by Crippen LogP contribution is 2.18. The van der Waals surface area contributed by atoms with Gasteiger partial charge in [-0.05, 0) is 29.3 Å². The largest absolute Gasteiger partial charge is 0.505 e. The van der Waals surface area contributed by atoms with Gasteiger partial charge in [-0.25, -0.2) is 4.39 Å². The molecule has 116 valence electrons. The minimum atomic E-state index is -0.565. The molecule has 0 bridgehead atoms. The molecule has 0 amide bonds. The monoisotopic (exact) mass is 301 g/mol. The van der Waals surface area contributed by atoms with Crippen molar-refractivity contribution >= 4 is 0 Å². The Morgan fingerprint density at radius 2 is 1.68 bits per heavy atom. The van der Waals surface area contributed by atoms with Crippen LogP contribution in [0.3, 0.4) is 0 Å². The summed E-state index contributed by atoms with van der Waals surface area (Å²) >= 11 is 0. The van der Waals surface area contributed by atoms with Crippen LogP contribution >= 0.6 is 0 Å². The fourth-order valence-electron chi connectivity index (χ4n) is 2.77. The predicted octanol–water partition coefficient (Wildman–Crippen LogP) is 2.24. The number of rotatable bonds is 4. The van der Waals surface area contributed by atoms with Gasteiger partial charge in [-0.15, -0.1) is 0 Å². The van der Waals surface area contributed by atoms with Gasteiger partial charge in [0.25, 0.3) is 0 Å². The van der Waals surface area contributed by atoms with E-state index >= 15 is 0 Å². The molecular formula is C17H20FN3O. The summed E-state index contributed by atoms with van der Waals surface area (Å²) in [5.41, 5.74) is 2.18. The molecule has 1 N–H and O–H groups in total. The first-order valence-corrected chi connectivity index (χ1v) is 7.52. The minimum Gasteiger partial charge on any atom is -0.505 e. The highest BCUT2D eigenvalue weighted by Gasteiger charge is 2.17. The van der Waals surface area contributed by atoms with Crippen molar-refractivity contribution in [2.24, 2.45) is 0 Å². The average Bonchev–Trinajstić information content (AvgIpc) is 2.54. The van der Waals surface area contributed by atoms with Gasteiger partial charge < -0.3 is 5.11 Å². The van der Waals surface area contributed by atoms with E-state index in [0.717, 1.165) is 44.8 Å². The van der Waals surface area contributed by atoms with Gasteiger partial charge in [0.2, 0.25) is 0 Å². The van der Waals surface area contributed by atoms with E-state index in [2.05, 4.69) is 20.9 Å². The van der Waals surface area contributed by atoms with Crippen molar-refractivity contribution < 1.29 is 9.50 Å². The van der Waals surface area contributed by atoms with Crippen LogP contribution in [0.5, 0.6) is 5.75 Å². The summed E-state index contributed by atoms with van der Waals surface area (Å²) in [5.74, 6) is -0.835. The fraction of sp³-hybridized carbons (Fsp3) is 0.353. The van der Waals surface area contributed by atoms with E-state index in [1.807, 2.05) is 12.3 Å². The maximum absolute atomic E-state index is 13.1. The van der Waals surface area contributed by atoms with Gasteiger partial charge in [0, 0.05) is 51.7 Å². The van der Waals surface area contributed by atoms with Gasteiger partial charge in [-0.2, -0.15) is 0 Å². The zero-order chi connectivity index (χ0) is 15.4. The number of aromatic nitrogens is 1. The second-order valence-electron chi connectivity index (χ2n) is 5.70. The first kappa shape index (κ1) is 14.9. The number of aromatic hydroxyl groups is 1. The van der Waals surface area contributed by atoms with E-state index < -0.39 is 5.82 Å². The molecule has 1 aliphatic rings. The van der Waals surface area contributed by atoms with E-state index in [1.165, 1.54) is 17.7 Å². The molecule has 3 rings (SSSR count). The van der Waals surface area contributed by atoms with Crippen LogP contribution in [0.25, 0.3) is 0 Å². The lowest BCUT2D eigenvalue weighted by molar-refractivity contribution is 0.122. The summed E-state index contributed by atoms with van der Waals surface area (Å²) in [6.07, 6.45) is 3.70. The molecule has 0 aliphatic carbocycles. The average molecular weight is 301 g/mol. The van der Waals surface area contributed by atoms with Gasteiger partial charge in [-0.1, -0.05) is 12.1 Å². The van der Waals surface area contributed by atoms with Crippen LogP contribution < -0.4 is 0 Å². The zero-order valence-corrected chi connectivity index (χ0v) is 12.5. The molecule has 2 heterocycles. The minimum absolute atomic E-state index is 0.271. The summed E-state index contributed by atoms with van der Waals surface area (Å²) in [4.78, 5) is 8.88. The Hall–Kier alpha value is -1.98. The van der Waals surface area contributed by atoms with Crippen LogP contribution in [0, 0.1) is 5.82 Å². The Bertz CT molecular complexity index is 613. The van der Waals surface area contributed by atoms with Crippen molar-refractivity contribution in [1.82, 2.24) is 14.8 Å². The zero-order valence-electron chi connectivity index (χ0n) is 12.5. The van der Waals surface area contributed by atoms with Crippen molar-refractivity contribution in [1.29, 1.82) is 0 Å². The first-order valence-electron chi connectivity index (χ1n) is 7.52. The molecule has 5 heteroatoms. The number of benzene rings is 1. The van der Waals surface area contributed by atoms with E-state index in [1.54, 1.807) is 12.3 Å². The molecule has 22 heavy (non-hydrogen) atoms. The molecule has 1 aromatic carbocycles. The maximum atomic E-state index is 13.1. The molecule has 1 aliphatic heterocycles. The molecule has 4 nitrogen and oxygen atoms in total. The number of piperazine rings is 1. The molecule has 1 fully saturated rings. The standard InChI is InChI=1S/C17H20FN3O/c18-16-4-3-14(10-17(16)22)12-20-6-8-21(9-7-20)13-15-2-1-5-19-11-15/h1-5,10-11,22H,6-9,12-13H2. The highest BCUT2D eigenvalue weighted by atomic mass is 19.1. The highest BCUT2D eigenvalue weighted by molar-refractivity contribution is 5.28. The molecule has 2 aromatic rings. The molecule has 1 aromatic heterocycles. The smallest absolute Gasteiger partial charge is 0.164 e. The molecule has 0 spiro atoms. The Labute approximate surface area is 129 Å². The van der Waals surface area contributed by atoms with E-state index in [-0.39, 0.29) is 5.75 Å². The second kappa shape index (κ2) is 6.85. The number of hydrogen-bond donors (Lipinski definition) is 1. The third-order valence-corrected chi connectivity index (χ3v) is 4.01. The molecule has 0 saturated carbocycles.